The third kappa shape index (κ3) is 6.39. The number of hydrogen-bond acceptors (Lipinski definition) is 5. The summed E-state index contributed by atoms with van der Waals surface area (Å²) >= 11 is 0. The molecule has 1 heterocycles. The van der Waals surface area contributed by atoms with Crippen LogP contribution in [0.15, 0.2) is 72.9 Å². The van der Waals surface area contributed by atoms with Crippen molar-refractivity contribution in [3.8, 4) is 17.0 Å². The molecule has 0 radical (unpaired) electrons. The molecule has 1 fully saturated rings. The predicted molar refractivity (Wildman–Crippen MR) is 141 cm³/mol. The van der Waals surface area contributed by atoms with Gasteiger partial charge in [0, 0.05) is 35.5 Å². The van der Waals surface area contributed by atoms with Crippen LogP contribution in [0.25, 0.3) is 17.2 Å². The average molecular weight is 486 g/mol. The average Bonchev–Trinajstić information content (AvgIpc) is 2.96. The van der Waals surface area contributed by atoms with Crippen molar-refractivity contribution in [2.45, 2.75) is 38.6 Å². The number of rotatable bonds is 8. The maximum atomic E-state index is 13.8. The molecule has 186 valence electrons. The number of pyridine rings is 1. The van der Waals surface area contributed by atoms with Gasteiger partial charge in [-0.15, -0.1) is 0 Å². The molecule has 1 saturated carbocycles. The molecule has 36 heavy (non-hydrogen) atoms. The van der Waals surface area contributed by atoms with Gasteiger partial charge in [0.1, 0.15) is 0 Å². The van der Waals surface area contributed by atoms with Crippen LogP contribution in [0.2, 0.25) is 0 Å². The van der Waals surface area contributed by atoms with E-state index in [1.54, 1.807) is 24.3 Å². The third-order valence-corrected chi connectivity index (χ3v) is 6.42. The van der Waals surface area contributed by atoms with Crippen LogP contribution in [0.3, 0.4) is 0 Å². The second kappa shape index (κ2) is 12.2. The number of aromatic nitrogens is 1. The first-order valence-electron chi connectivity index (χ1n) is 12.8. The largest absolute Gasteiger partial charge is 0.481 e. The van der Waals surface area contributed by atoms with E-state index < -0.39 is 12.5 Å². The molecule has 3 aromatic rings. The molecule has 2 aromatic carbocycles. The molecule has 1 amide bonds. The summed E-state index contributed by atoms with van der Waals surface area (Å²) in [5.74, 6) is -0.0316. The molecule has 0 aliphatic heterocycles. The van der Waals surface area contributed by atoms with E-state index >= 15 is 0 Å². The zero-order chi connectivity index (χ0) is 26.2. The van der Waals surface area contributed by atoms with Gasteiger partial charge in [-0.2, -0.15) is 0 Å². The molecule has 6 heteroatoms. The minimum absolute atomic E-state index is 0.0303. The van der Waals surface area contributed by atoms with Crippen LogP contribution >= 0.6 is 0 Å². The molecule has 0 bridgehead atoms. The van der Waals surface area contributed by atoms with Gasteiger partial charge in [-0.1, -0.05) is 55.7 Å². The van der Waals surface area contributed by atoms with Crippen molar-refractivity contribution in [1.29, 1.82) is 0 Å². The summed E-state index contributed by atoms with van der Waals surface area (Å²) in [5.41, 5.74) is 4.00. The van der Waals surface area contributed by atoms with Crippen molar-refractivity contribution in [3.63, 3.8) is 0 Å². The van der Waals surface area contributed by atoms with Crippen LogP contribution in [0, 0.1) is 5.92 Å². The minimum Gasteiger partial charge on any atom is -0.481 e. The lowest BCUT2D eigenvalue weighted by atomic mass is 9.88. The Kier molecular flexibility index (Phi) is 8.04. The Labute approximate surface area is 214 Å². The fourth-order valence-electron chi connectivity index (χ4n) is 4.40. The van der Waals surface area contributed by atoms with E-state index in [-0.39, 0.29) is 11.8 Å². The number of carbonyl (C=O) groups excluding carboxylic acids is 2. The maximum absolute atomic E-state index is 13.8. The van der Waals surface area contributed by atoms with E-state index in [9.17, 15) is 9.59 Å². The van der Waals surface area contributed by atoms with Crippen molar-refractivity contribution >= 4 is 23.6 Å². The van der Waals surface area contributed by atoms with Crippen molar-refractivity contribution in [1.82, 2.24) is 4.98 Å². The third-order valence-electron chi connectivity index (χ3n) is 6.42. The molecular weight excluding hydrogens is 452 g/mol. The lowest BCUT2D eigenvalue weighted by Crippen LogP contribution is -2.36. The molecular formula is C30H32N2O4. The zero-order valence-corrected chi connectivity index (χ0v) is 20.7. The normalized spacial score (nSPS) is 15.2. The van der Waals surface area contributed by atoms with Gasteiger partial charge in [0.25, 0.3) is 0 Å². The number of hydrogen-bond donors (Lipinski definition) is 0. The second-order valence-corrected chi connectivity index (χ2v) is 8.83. The van der Waals surface area contributed by atoms with Crippen LogP contribution in [0.5, 0.6) is 5.88 Å². The zero-order valence-electron chi connectivity index (χ0n) is 21.7. The molecule has 1 aliphatic carbocycles. The highest BCUT2D eigenvalue weighted by Crippen LogP contribution is 2.30. The van der Waals surface area contributed by atoms with E-state index in [1.165, 1.54) is 13.2 Å². The van der Waals surface area contributed by atoms with E-state index in [1.807, 2.05) is 60.7 Å². The predicted octanol–water partition coefficient (Wildman–Crippen LogP) is 6.06. The summed E-state index contributed by atoms with van der Waals surface area (Å²) < 4.78 is 19.0. The minimum atomic E-state index is -0.919. The maximum Gasteiger partial charge on any atom is 0.330 e. The van der Waals surface area contributed by atoms with Gasteiger partial charge in [0.05, 0.1) is 22.1 Å². The monoisotopic (exact) mass is 485 g/mol. The van der Waals surface area contributed by atoms with E-state index in [2.05, 4.69) is 9.72 Å². The Morgan fingerprint density at radius 1 is 1.03 bits per heavy atom. The van der Waals surface area contributed by atoms with Crippen molar-refractivity contribution in [3.05, 3.63) is 84.1 Å². The molecule has 1 unspecified atom stereocenters. The number of esters is 1. The Balaban J connectivity index is 1.64. The molecule has 0 spiro atoms. The van der Waals surface area contributed by atoms with Crippen LogP contribution in [-0.2, 0) is 20.8 Å². The molecule has 1 aliphatic rings. The fourth-order valence-corrected chi connectivity index (χ4v) is 4.40. The summed E-state index contributed by atoms with van der Waals surface area (Å²) in [5, 5.41) is 0. The van der Waals surface area contributed by atoms with Gasteiger partial charge in [0.15, 0.2) is 0 Å². The van der Waals surface area contributed by atoms with Crippen LogP contribution < -0.4 is 9.64 Å². The SMILES string of the molecule is [2H]C(c1ccc(-c2ccc(OC)nc2)cc1)N(C(=O)C1CCCCC1)c1cccc(/C=C/C(=O)OC)c1. The first-order valence-corrected chi connectivity index (χ1v) is 12.2. The molecule has 4 rings (SSSR count). The molecule has 6 nitrogen and oxygen atoms in total. The topological polar surface area (TPSA) is 68.7 Å². The van der Waals surface area contributed by atoms with Crippen molar-refractivity contribution in [2.75, 3.05) is 19.1 Å². The number of benzene rings is 2. The quantitative estimate of drug-likeness (QED) is 0.287. The highest BCUT2D eigenvalue weighted by molar-refractivity contribution is 5.95. The summed E-state index contributed by atoms with van der Waals surface area (Å²) in [4.78, 5) is 31.2. The summed E-state index contributed by atoms with van der Waals surface area (Å²) in [7, 11) is 2.91. The van der Waals surface area contributed by atoms with Crippen LogP contribution in [0.4, 0.5) is 5.69 Å². The van der Waals surface area contributed by atoms with Gasteiger partial charge < -0.3 is 14.4 Å². The first kappa shape index (κ1) is 23.8. The first-order chi connectivity index (χ1) is 18.0. The van der Waals surface area contributed by atoms with Gasteiger partial charge in [0.2, 0.25) is 11.8 Å². The smallest absolute Gasteiger partial charge is 0.330 e. The Morgan fingerprint density at radius 2 is 1.78 bits per heavy atom. The van der Waals surface area contributed by atoms with Gasteiger partial charge in [-0.25, -0.2) is 9.78 Å². The number of carbonyl (C=O) groups is 2. The van der Waals surface area contributed by atoms with Crippen molar-refractivity contribution < 1.29 is 20.4 Å². The molecule has 0 saturated heterocycles. The van der Waals surface area contributed by atoms with E-state index in [0.717, 1.165) is 48.8 Å². The Morgan fingerprint density at radius 3 is 2.44 bits per heavy atom. The summed E-state index contributed by atoms with van der Waals surface area (Å²) in [6.45, 7) is -0.919. The number of anilines is 1. The fraction of sp³-hybridized carbons (Fsp3) is 0.300. The summed E-state index contributed by atoms with van der Waals surface area (Å²) in [6.07, 6.45) is 9.62. The highest BCUT2D eigenvalue weighted by Gasteiger charge is 2.27. The second-order valence-electron chi connectivity index (χ2n) is 8.83. The van der Waals surface area contributed by atoms with Crippen LogP contribution in [-0.4, -0.2) is 31.1 Å². The van der Waals surface area contributed by atoms with E-state index in [4.69, 9.17) is 6.11 Å². The van der Waals surface area contributed by atoms with Crippen LogP contribution in [0.1, 0.15) is 44.6 Å². The standard InChI is InChI=1S/C30H32N2O4/c1-35-28-17-16-26(20-31-28)24-14-11-23(12-15-24)21-32(30(34)25-8-4-3-5-9-25)27-10-6-7-22(19-27)13-18-29(33)36-2/h6-7,10-20,25H,3-5,8-9,21H2,1-2H3/b18-13+/i21D. The molecule has 0 N–H and O–H groups in total. The van der Waals surface area contributed by atoms with E-state index in [0.29, 0.717) is 17.1 Å². The lowest BCUT2D eigenvalue weighted by molar-refractivity contribution is -0.134. The number of amides is 1. The highest BCUT2D eigenvalue weighted by atomic mass is 16.5. The van der Waals surface area contributed by atoms with Gasteiger partial charge in [-0.3, -0.25) is 4.79 Å². The molecule has 1 atom stereocenters. The Hall–Kier alpha value is -3.93. The number of methoxy groups -OCH3 is 2. The van der Waals surface area contributed by atoms with Gasteiger partial charge in [-0.05, 0) is 53.8 Å². The molecule has 1 aromatic heterocycles. The number of ether oxygens (including phenoxy) is 2. The Bertz CT molecular complexity index is 1240. The number of nitrogens with zero attached hydrogens (tertiary/aromatic N) is 2. The van der Waals surface area contributed by atoms with Gasteiger partial charge >= 0.3 is 5.97 Å². The van der Waals surface area contributed by atoms with Crippen molar-refractivity contribution in [2.24, 2.45) is 5.92 Å². The summed E-state index contributed by atoms with van der Waals surface area (Å²) in [6, 6.07) is 18.8. The lowest BCUT2D eigenvalue weighted by Gasteiger charge is -2.30.